The minimum Gasteiger partial charge on any atom is -0.456 e. The third-order valence-electron chi connectivity index (χ3n) is 13.2. The molecular weight excluding hydrogens is 822 g/mol. The average Bonchev–Trinajstić information content (AvgIpc) is 3.20. The fourth-order valence-electron chi connectivity index (χ4n) is 10.0. The van der Waals surface area contributed by atoms with Crippen molar-refractivity contribution in [3.63, 3.8) is 0 Å². The number of ether oxygens (including phenoxy) is 6. The molecule has 0 unspecified atom stereocenters. The minimum atomic E-state index is -2.43. The summed E-state index contributed by atoms with van der Waals surface area (Å²) in [6.07, 6.45) is -11.9. The number of amides is 1. The molecule has 2 aromatic rings. The SMILES string of the molecule is CC(=O)O[C@H]1C(=O)[C@@]2(C)[C@H]([C@H](OC(=O)c3ccccc3)[C@]3(O)C[C@H](OC(=O)[C@H](O)[C@@H](NC(=O)OC(C)(C)C)c4cccc(CO)c4)C(C)=C1C3(C)C)[C@]1(OC(C)=O)CO[C@@H]1C[C@@H]2O. The molecule has 0 radical (unpaired) electrons. The molecule has 1 saturated heterocycles. The van der Waals surface area contributed by atoms with Gasteiger partial charge in [0, 0.05) is 32.1 Å². The number of rotatable bonds is 10. The number of nitrogens with one attached hydrogen (secondary N) is 1. The summed E-state index contributed by atoms with van der Waals surface area (Å²) in [5.74, 6) is -6.45. The Morgan fingerprint density at radius 2 is 1.62 bits per heavy atom. The topological polar surface area (TPSA) is 251 Å². The van der Waals surface area contributed by atoms with Crippen molar-refractivity contribution in [2.24, 2.45) is 16.7 Å². The van der Waals surface area contributed by atoms with Gasteiger partial charge in [-0.15, -0.1) is 0 Å². The lowest BCUT2D eigenvalue weighted by Gasteiger charge is -2.67. The zero-order chi connectivity index (χ0) is 46.6. The second kappa shape index (κ2) is 17.1. The van der Waals surface area contributed by atoms with Gasteiger partial charge in [0.25, 0.3) is 0 Å². The van der Waals surface area contributed by atoms with Crippen LogP contribution in [0.3, 0.4) is 0 Å². The van der Waals surface area contributed by atoms with E-state index in [4.69, 9.17) is 28.4 Å². The van der Waals surface area contributed by atoms with Gasteiger partial charge in [0.05, 0.1) is 42.3 Å². The summed E-state index contributed by atoms with van der Waals surface area (Å²) >= 11 is 0. The van der Waals surface area contributed by atoms with Gasteiger partial charge >= 0.3 is 30.0 Å². The maximum absolute atomic E-state index is 15.5. The first kappa shape index (κ1) is 47.3. The van der Waals surface area contributed by atoms with E-state index < -0.39 is 125 Å². The first-order chi connectivity index (χ1) is 29.3. The first-order valence-corrected chi connectivity index (χ1v) is 20.8. The van der Waals surface area contributed by atoms with E-state index in [-0.39, 0.29) is 35.3 Å². The van der Waals surface area contributed by atoms with Gasteiger partial charge in [-0.2, -0.15) is 0 Å². The molecule has 2 aromatic carbocycles. The monoisotopic (exact) mass is 879 g/mol. The number of fused-ring (bicyclic) bond motifs is 5. The Kier molecular flexibility index (Phi) is 12.8. The van der Waals surface area contributed by atoms with Crippen LogP contribution < -0.4 is 5.32 Å². The molecule has 0 spiro atoms. The Hall–Kier alpha value is -5.20. The van der Waals surface area contributed by atoms with Crippen LogP contribution in [0.15, 0.2) is 65.7 Å². The van der Waals surface area contributed by atoms with Crippen molar-refractivity contribution in [1.82, 2.24) is 5.32 Å². The maximum Gasteiger partial charge on any atom is 0.408 e. The summed E-state index contributed by atoms with van der Waals surface area (Å²) in [5, 5.41) is 49.9. The Labute approximate surface area is 365 Å². The minimum absolute atomic E-state index is 0.0380. The molecule has 6 rings (SSSR count). The number of alkyl carbamates (subject to hydrolysis) is 1. The standard InChI is InChI=1S/C46H57NO16/c1-23-29(60-40(55)34(52)33(47-41(56)63-42(4,5)6)28-17-13-14-26(18-28)21-48)20-46(57)38(61-39(54)27-15-11-10-12-16-27)36-44(9,30(51)19-31-45(36,22-58-31)62-25(3)50)37(53)35(59-24(2)49)32(23)43(46,7)8/h10-18,29-31,33-36,38,48,51-52,57H,19-22H2,1-9H3,(H,47,56)/t29-,30-,31+,33-,34+,35+,36-,38-,44+,45-,46+/m0/s1. The molecule has 4 aliphatic rings. The number of hydrogen-bond acceptors (Lipinski definition) is 16. The van der Waals surface area contributed by atoms with Crippen molar-refractivity contribution < 1.29 is 77.6 Å². The number of esters is 4. The number of carbonyl (C=O) groups excluding carboxylic acids is 6. The molecule has 342 valence electrons. The zero-order valence-corrected chi connectivity index (χ0v) is 36.8. The molecule has 1 aliphatic heterocycles. The van der Waals surface area contributed by atoms with Gasteiger partial charge in [0.2, 0.25) is 0 Å². The third-order valence-corrected chi connectivity index (χ3v) is 13.2. The zero-order valence-electron chi connectivity index (χ0n) is 36.8. The molecule has 2 bridgehead atoms. The van der Waals surface area contributed by atoms with Crippen molar-refractivity contribution in [3.05, 3.63) is 82.4 Å². The maximum atomic E-state index is 15.5. The highest BCUT2D eigenvalue weighted by Crippen LogP contribution is 2.64. The summed E-state index contributed by atoms with van der Waals surface area (Å²) < 4.78 is 35.6. The summed E-state index contributed by atoms with van der Waals surface area (Å²) in [7, 11) is 0. The second-order valence-electron chi connectivity index (χ2n) is 18.7. The normalized spacial score (nSPS) is 31.9. The molecule has 1 heterocycles. The largest absolute Gasteiger partial charge is 0.456 e. The van der Waals surface area contributed by atoms with E-state index in [1.807, 2.05) is 0 Å². The number of aliphatic hydroxyl groups is 4. The van der Waals surface area contributed by atoms with Gasteiger partial charge in [0.1, 0.15) is 29.5 Å². The van der Waals surface area contributed by atoms with E-state index in [1.165, 1.54) is 52.0 Å². The highest BCUT2D eigenvalue weighted by atomic mass is 16.6. The quantitative estimate of drug-likeness (QED) is 0.130. The Morgan fingerprint density at radius 1 is 0.952 bits per heavy atom. The summed E-state index contributed by atoms with van der Waals surface area (Å²) in [6, 6.07) is 12.4. The molecule has 63 heavy (non-hydrogen) atoms. The van der Waals surface area contributed by atoms with Gasteiger partial charge in [-0.3, -0.25) is 14.4 Å². The van der Waals surface area contributed by atoms with Gasteiger partial charge in [-0.25, -0.2) is 14.4 Å². The summed E-state index contributed by atoms with van der Waals surface area (Å²) in [4.78, 5) is 83.2. The predicted molar refractivity (Wildman–Crippen MR) is 219 cm³/mol. The molecule has 1 amide bonds. The first-order valence-electron chi connectivity index (χ1n) is 20.8. The van der Waals surface area contributed by atoms with Gasteiger partial charge in [-0.05, 0) is 69.0 Å². The fraction of sp³-hybridized carbons (Fsp3) is 0.565. The van der Waals surface area contributed by atoms with E-state index in [2.05, 4.69) is 5.32 Å². The van der Waals surface area contributed by atoms with Gasteiger partial charge < -0.3 is 54.2 Å². The number of ketones is 1. The Balaban J connectivity index is 1.54. The van der Waals surface area contributed by atoms with Crippen LogP contribution in [0.25, 0.3) is 0 Å². The van der Waals surface area contributed by atoms with Crippen LogP contribution in [0.4, 0.5) is 4.79 Å². The van der Waals surface area contributed by atoms with Crippen LogP contribution in [0.1, 0.15) is 103 Å². The molecule has 17 heteroatoms. The van der Waals surface area contributed by atoms with Gasteiger partial charge in [-0.1, -0.05) is 56.3 Å². The third kappa shape index (κ3) is 8.36. The number of Topliss-reactive ketones (excluding diaryl/α,β-unsaturated/α-hetero) is 1. The van der Waals surface area contributed by atoms with Crippen LogP contribution in [0.2, 0.25) is 0 Å². The van der Waals surface area contributed by atoms with Crippen LogP contribution in [0.5, 0.6) is 0 Å². The van der Waals surface area contributed by atoms with Crippen LogP contribution in [-0.2, 0) is 54.2 Å². The van der Waals surface area contributed by atoms with E-state index in [0.29, 0.717) is 5.56 Å². The van der Waals surface area contributed by atoms with Gasteiger partial charge in [0.15, 0.2) is 23.6 Å². The van der Waals surface area contributed by atoms with Crippen LogP contribution >= 0.6 is 0 Å². The van der Waals surface area contributed by atoms with Crippen molar-refractivity contribution in [2.75, 3.05) is 6.61 Å². The smallest absolute Gasteiger partial charge is 0.408 e. The van der Waals surface area contributed by atoms with Crippen molar-refractivity contribution >= 4 is 35.8 Å². The molecule has 3 fully saturated rings. The number of benzene rings is 2. The Bertz CT molecular complexity index is 2180. The lowest BCUT2D eigenvalue weighted by molar-refractivity contribution is -0.346. The van der Waals surface area contributed by atoms with Crippen molar-refractivity contribution in [3.8, 4) is 0 Å². The predicted octanol–water partition coefficient (Wildman–Crippen LogP) is 3.32. The molecule has 3 aliphatic carbocycles. The molecule has 5 N–H and O–H groups in total. The number of aliphatic hydroxyl groups excluding tert-OH is 3. The van der Waals surface area contributed by atoms with Crippen LogP contribution in [0, 0.1) is 16.7 Å². The number of carbonyl (C=O) groups is 6. The van der Waals surface area contributed by atoms with E-state index in [9.17, 15) is 44.4 Å². The summed E-state index contributed by atoms with van der Waals surface area (Å²) in [6.45, 7) is 12.3. The molecule has 11 atom stereocenters. The summed E-state index contributed by atoms with van der Waals surface area (Å²) in [5.41, 5.74) is -8.25. The second-order valence-corrected chi connectivity index (χ2v) is 18.7. The van der Waals surface area contributed by atoms with Crippen molar-refractivity contribution in [1.29, 1.82) is 0 Å². The highest BCUT2D eigenvalue weighted by molar-refractivity contribution is 5.95. The molecule has 17 nitrogen and oxygen atoms in total. The number of hydrogen-bond donors (Lipinski definition) is 5. The molecule has 2 saturated carbocycles. The van der Waals surface area contributed by atoms with Crippen LogP contribution in [-0.4, -0.2) is 116 Å². The lowest BCUT2D eigenvalue weighted by Crippen LogP contribution is -2.82. The lowest BCUT2D eigenvalue weighted by atomic mass is 9.44. The average molecular weight is 880 g/mol. The Morgan fingerprint density at radius 3 is 2.19 bits per heavy atom. The molecule has 0 aromatic heterocycles. The molecular formula is C46H57NO16. The highest BCUT2D eigenvalue weighted by Gasteiger charge is 2.78. The fourth-order valence-corrected chi connectivity index (χ4v) is 10.0. The van der Waals surface area contributed by atoms with E-state index in [0.717, 1.165) is 13.8 Å². The van der Waals surface area contributed by atoms with E-state index >= 15 is 4.79 Å². The van der Waals surface area contributed by atoms with Crippen molar-refractivity contribution in [2.45, 2.75) is 141 Å². The van der Waals surface area contributed by atoms with E-state index in [1.54, 1.807) is 51.1 Å².